The molecule has 1 amide bonds. The van der Waals surface area contributed by atoms with Crippen molar-refractivity contribution in [2.24, 2.45) is 0 Å². The lowest BCUT2D eigenvalue weighted by molar-refractivity contribution is -0.130. The molecule has 0 fully saturated rings. The first-order valence-corrected chi connectivity index (χ1v) is 12.9. The SMILES string of the molecule is C[C@H](Nc1ccc(NS(=O)(=O)c2ccc3c(c2)OCCCO3)cc1)C(=O)N(C)Cc1ccccc1. The standard InChI is InChI=1S/C26H29N3O5S/c1-19(26(30)29(2)18-20-7-4-3-5-8-20)27-21-9-11-22(12-10-21)28-35(31,32)23-13-14-24-25(17-23)34-16-6-15-33-24/h3-5,7-14,17,19,27-28H,6,15-16,18H2,1-2H3/t19-/m0/s1. The van der Waals surface area contributed by atoms with Crippen molar-refractivity contribution in [1.82, 2.24) is 4.90 Å². The van der Waals surface area contributed by atoms with Gasteiger partial charge in [-0.1, -0.05) is 30.3 Å². The molecule has 0 unspecified atom stereocenters. The van der Waals surface area contributed by atoms with Crippen molar-refractivity contribution < 1.29 is 22.7 Å². The van der Waals surface area contributed by atoms with Gasteiger partial charge in [0.2, 0.25) is 5.91 Å². The summed E-state index contributed by atoms with van der Waals surface area (Å²) < 4.78 is 39.5. The van der Waals surface area contributed by atoms with E-state index in [0.29, 0.717) is 42.6 Å². The van der Waals surface area contributed by atoms with Gasteiger partial charge in [-0.15, -0.1) is 0 Å². The van der Waals surface area contributed by atoms with E-state index < -0.39 is 16.1 Å². The van der Waals surface area contributed by atoms with E-state index in [1.165, 1.54) is 12.1 Å². The van der Waals surface area contributed by atoms with E-state index >= 15 is 0 Å². The fourth-order valence-electron chi connectivity index (χ4n) is 3.74. The Morgan fingerprint density at radius 1 is 0.943 bits per heavy atom. The fraction of sp³-hybridized carbons (Fsp3) is 0.269. The molecule has 35 heavy (non-hydrogen) atoms. The third kappa shape index (κ3) is 6.24. The van der Waals surface area contributed by atoms with Crippen molar-refractivity contribution in [3.8, 4) is 11.5 Å². The van der Waals surface area contributed by atoms with E-state index in [-0.39, 0.29) is 10.8 Å². The maximum atomic E-state index is 12.9. The second kappa shape index (κ2) is 10.7. The number of nitrogens with zero attached hydrogens (tertiary/aromatic N) is 1. The third-order valence-corrected chi connectivity index (χ3v) is 6.94. The van der Waals surface area contributed by atoms with E-state index in [4.69, 9.17) is 9.47 Å². The highest BCUT2D eigenvalue weighted by molar-refractivity contribution is 7.92. The second-order valence-electron chi connectivity index (χ2n) is 8.39. The second-order valence-corrected chi connectivity index (χ2v) is 10.1. The van der Waals surface area contributed by atoms with E-state index in [2.05, 4.69) is 10.0 Å². The summed E-state index contributed by atoms with van der Waals surface area (Å²) in [6.07, 6.45) is 0.739. The van der Waals surface area contributed by atoms with E-state index in [1.807, 2.05) is 30.3 Å². The smallest absolute Gasteiger partial charge is 0.262 e. The Morgan fingerprint density at radius 3 is 2.31 bits per heavy atom. The molecule has 0 spiro atoms. The first-order chi connectivity index (χ1) is 16.8. The van der Waals surface area contributed by atoms with Gasteiger partial charge in [-0.05, 0) is 48.9 Å². The largest absolute Gasteiger partial charge is 0.490 e. The number of carbonyl (C=O) groups is 1. The Bertz CT molecular complexity index is 1260. The topological polar surface area (TPSA) is 97.0 Å². The maximum Gasteiger partial charge on any atom is 0.262 e. The van der Waals surface area contributed by atoms with Gasteiger partial charge in [0.1, 0.15) is 6.04 Å². The van der Waals surface area contributed by atoms with Crippen molar-refractivity contribution in [2.75, 3.05) is 30.3 Å². The van der Waals surface area contributed by atoms with E-state index in [9.17, 15) is 13.2 Å². The van der Waals surface area contributed by atoms with Gasteiger partial charge in [0.25, 0.3) is 10.0 Å². The molecule has 1 heterocycles. The number of likely N-dealkylation sites (N-methyl/N-ethyl adjacent to an activating group) is 1. The molecule has 0 saturated carbocycles. The fourth-order valence-corrected chi connectivity index (χ4v) is 4.81. The van der Waals surface area contributed by atoms with Crippen molar-refractivity contribution >= 4 is 27.3 Å². The Morgan fingerprint density at radius 2 is 1.60 bits per heavy atom. The Hall–Kier alpha value is -3.72. The summed E-state index contributed by atoms with van der Waals surface area (Å²) in [7, 11) is -2.05. The number of fused-ring (bicyclic) bond motifs is 1. The number of nitrogens with one attached hydrogen (secondary N) is 2. The molecule has 0 aliphatic carbocycles. The molecule has 1 aliphatic heterocycles. The molecule has 0 radical (unpaired) electrons. The van der Waals surface area contributed by atoms with Crippen molar-refractivity contribution in [1.29, 1.82) is 0 Å². The number of carbonyl (C=O) groups excluding carboxylic acids is 1. The van der Waals surface area contributed by atoms with Crippen LogP contribution in [0.2, 0.25) is 0 Å². The van der Waals surface area contributed by atoms with Gasteiger partial charge in [0.05, 0.1) is 18.1 Å². The van der Waals surface area contributed by atoms with Crippen LogP contribution in [-0.2, 0) is 21.4 Å². The van der Waals surface area contributed by atoms with Crippen LogP contribution in [0.1, 0.15) is 18.9 Å². The number of amides is 1. The van der Waals surface area contributed by atoms with Gasteiger partial charge in [0.15, 0.2) is 11.5 Å². The van der Waals surface area contributed by atoms with Crippen LogP contribution in [0.25, 0.3) is 0 Å². The normalized spacial score (nSPS) is 13.9. The first-order valence-electron chi connectivity index (χ1n) is 11.4. The summed E-state index contributed by atoms with van der Waals surface area (Å²) in [6, 6.07) is 20.7. The molecule has 1 aliphatic rings. The molecule has 9 heteroatoms. The van der Waals surface area contributed by atoms with Gasteiger partial charge in [-0.25, -0.2) is 8.42 Å². The van der Waals surface area contributed by atoms with Gasteiger partial charge >= 0.3 is 0 Å². The Balaban J connectivity index is 1.37. The van der Waals surface area contributed by atoms with Crippen LogP contribution in [0.15, 0.2) is 77.7 Å². The minimum atomic E-state index is -3.82. The van der Waals surface area contributed by atoms with Gasteiger partial charge in [0, 0.05) is 37.5 Å². The summed E-state index contributed by atoms with van der Waals surface area (Å²) in [5.74, 6) is 0.906. The van der Waals surface area contributed by atoms with E-state index in [0.717, 1.165) is 12.0 Å². The predicted octanol–water partition coefficient (Wildman–Crippen LogP) is 4.11. The molecule has 184 valence electrons. The Kier molecular flexibility index (Phi) is 7.45. The average Bonchev–Trinajstić information content (AvgIpc) is 3.10. The predicted molar refractivity (Wildman–Crippen MR) is 135 cm³/mol. The van der Waals surface area contributed by atoms with Crippen LogP contribution in [-0.4, -0.2) is 45.5 Å². The highest BCUT2D eigenvalue weighted by atomic mass is 32.2. The van der Waals surface area contributed by atoms with Crippen LogP contribution in [0.4, 0.5) is 11.4 Å². The number of hydrogen-bond donors (Lipinski definition) is 2. The summed E-state index contributed by atoms with van der Waals surface area (Å²) >= 11 is 0. The number of benzene rings is 3. The number of sulfonamides is 1. The zero-order valence-electron chi connectivity index (χ0n) is 19.7. The van der Waals surface area contributed by atoms with Crippen LogP contribution in [0.5, 0.6) is 11.5 Å². The molecule has 2 N–H and O–H groups in total. The number of rotatable bonds is 8. The lowest BCUT2D eigenvalue weighted by atomic mass is 10.2. The zero-order chi connectivity index (χ0) is 24.8. The average molecular weight is 496 g/mol. The first kappa shape index (κ1) is 24.4. The highest BCUT2D eigenvalue weighted by Gasteiger charge is 2.20. The molecule has 4 rings (SSSR count). The number of ether oxygens (including phenoxy) is 2. The molecular weight excluding hydrogens is 466 g/mol. The minimum absolute atomic E-state index is 0.0481. The van der Waals surface area contributed by atoms with Crippen molar-refractivity contribution in [3.05, 3.63) is 78.4 Å². The van der Waals surface area contributed by atoms with Gasteiger partial charge in [-0.3, -0.25) is 9.52 Å². The molecule has 3 aromatic carbocycles. The summed E-state index contributed by atoms with van der Waals surface area (Å²) in [5.41, 5.74) is 2.17. The van der Waals surface area contributed by atoms with Crippen molar-refractivity contribution in [2.45, 2.75) is 30.8 Å². The molecule has 3 aromatic rings. The zero-order valence-corrected chi connectivity index (χ0v) is 20.5. The Labute approximate surface area is 205 Å². The molecular formula is C26H29N3O5S. The number of hydrogen-bond acceptors (Lipinski definition) is 6. The van der Waals surface area contributed by atoms with E-state index in [1.54, 1.807) is 49.2 Å². The quantitative estimate of drug-likeness (QED) is 0.488. The van der Waals surface area contributed by atoms with Crippen molar-refractivity contribution in [3.63, 3.8) is 0 Å². The summed E-state index contributed by atoms with van der Waals surface area (Å²) in [4.78, 5) is 14.5. The van der Waals surface area contributed by atoms with Crippen LogP contribution >= 0.6 is 0 Å². The van der Waals surface area contributed by atoms with Crippen LogP contribution in [0, 0.1) is 0 Å². The van der Waals surface area contributed by atoms with Crippen LogP contribution < -0.4 is 19.5 Å². The molecule has 0 saturated heterocycles. The number of anilines is 2. The maximum absolute atomic E-state index is 12.9. The van der Waals surface area contributed by atoms with Crippen LogP contribution in [0.3, 0.4) is 0 Å². The monoisotopic (exact) mass is 495 g/mol. The lowest BCUT2D eigenvalue weighted by Crippen LogP contribution is -2.38. The minimum Gasteiger partial charge on any atom is -0.490 e. The highest BCUT2D eigenvalue weighted by Crippen LogP contribution is 2.32. The lowest BCUT2D eigenvalue weighted by Gasteiger charge is -2.23. The third-order valence-electron chi connectivity index (χ3n) is 5.56. The molecule has 8 nitrogen and oxygen atoms in total. The molecule has 0 bridgehead atoms. The van der Waals surface area contributed by atoms with Gasteiger partial charge < -0.3 is 19.7 Å². The summed E-state index contributed by atoms with van der Waals surface area (Å²) in [5, 5.41) is 3.17. The molecule has 0 aromatic heterocycles. The van der Waals surface area contributed by atoms with Gasteiger partial charge in [-0.2, -0.15) is 0 Å². The molecule has 1 atom stereocenters. The summed E-state index contributed by atoms with van der Waals surface area (Å²) in [6.45, 7) is 3.32.